The number of anilines is 1. The van der Waals surface area contributed by atoms with Crippen molar-refractivity contribution in [2.24, 2.45) is 0 Å². The molecule has 14 heteroatoms. The Labute approximate surface area is 271 Å². The molecule has 4 aromatic rings. The Bertz CT molecular complexity index is 2030. The third-order valence-electron chi connectivity index (χ3n) is 7.99. The smallest absolute Gasteiger partial charge is 0.276 e. The summed E-state index contributed by atoms with van der Waals surface area (Å²) >= 11 is 12.2. The van der Waals surface area contributed by atoms with Crippen molar-refractivity contribution >= 4 is 45.8 Å². The lowest BCUT2D eigenvalue weighted by Gasteiger charge is -2.41. The van der Waals surface area contributed by atoms with E-state index in [1.807, 2.05) is 19.9 Å². The number of rotatable bonds is 5. The van der Waals surface area contributed by atoms with Crippen molar-refractivity contribution in [2.45, 2.75) is 39.7 Å². The molecule has 0 saturated carbocycles. The van der Waals surface area contributed by atoms with Crippen molar-refractivity contribution in [1.29, 1.82) is 5.26 Å². The highest BCUT2D eigenvalue weighted by Crippen LogP contribution is 2.44. The summed E-state index contributed by atoms with van der Waals surface area (Å²) in [5.74, 6) is -6.94. The highest BCUT2D eigenvalue weighted by Gasteiger charge is 2.33. The summed E-state index contributed by atoms with van der Waals surface area (Å²) in [7, 11) is 0. The molecule has 46 heavy (non-hydrogen) atoms. The van der Waals surface area contributed by atoms with E-state index in [1.165, 1.54) is 12.1 Å². The summed E-state index contributed by atoms with van der Waals surface area (Å²) in [6, 6.07) is 4.61. The Kier molecular flexibility index (Phi) is 8.77. The van der Waals surface area contributed by atoms with Gasteiger partial charge in [-0.25, -0.2) is 18.2 Å². The molecule has 5 rings (SSSR count). The van der Waals surface area contributed by atoms with Gasteiger partial charge in [-0.3, -0.25) is 19.1 Å². The number of piperazine rings is 1. The van der Waals surface area contributed by atoms with Crippen LogP contribution < -0.4 is 10.5 Å². The Hall–Kier alpha value is -4.60. The molecule has 3 aromatic heterocycles. The van der Waals surface area contributed by atoms with Gasteiger partial charge in [0.2, 0.25) is 5.91 Å². The molecule has 1 N–H and O–H groups in total. The maximum Gasteiger partial charge on any atom is 0.276 e. The highest BCUT2D eigenvalue weighted by molar-refractivity contribution is 6.34. The van der Waals surface area contributed by atoms with Gasteiger partial charge in [-0.05, 0) is 43.5 Å². The first kappa shape index (κ1) is 32.8. The van der Waals surface area contributed by atoms with Crippen LogP contribution >= 0.6 is 23.2 Å². The van der Waals surface area contributed by atoms with Crippen molar-refractivity contribution in [3.63, 3.8) is 0 Å². The quantitative estimate of drug-likeness (QED) is 0.148. The lowest BCUT2D eigenvalue weighted by Crippen LogP contribution is -2.54. The second kappa shape index (κ2) is 12.3. The zero-order chi connectivity index (χ0) is 33.8. The van der Waals surface area contributed by atoms with Crippen LogP contribution in [0.2, 0.25) is 10.0 Å². The van der Waals surface area contributed by atoms with E-state index in [4.69, 9.17) is 23.2 Å². The number of carbonyl (C=O) groups excluding carboxylic acids is 1. The average Bonchev–Trinajstić information content (AvgIpc) is 3.02. The number of phenols is 1. The number of aromatic hydroxyl groups is 1. The fourth-order valence-electron chi connectivity index (χ4n) is 5.81. The normalized spacial score (nSPS) is 15.0. The van der Waals surface area contributed by atoms with Gasteiger partial charge in [-0.15, -0.1) is 0 Å². The van der Waals surface area contributed by atoms with Gasteiger partial charge in [0.15, 0.2) is 23.2 Å². The third kappa shape index (κ3) is 5.13. The molecular weight excluding hydrogens is 644 g/mol. The summed E-state index contributed by atoms with van der Waals surface area (Å²) in [6.45, 7) is 11.4. The maximum atomic E-state index is 15.3. The number of aromatic nitrogens is 3. The summed E-state index contributed by atoms with van der Waals surface area (Å²) < 4.78 is 45.8. The standard InChI is InChI=1S/C32H27Cl2F3N6O3/c1-6-20(44)42-10-9-41(13-16(42)5)29-17-11-19(33)27(21-23(35)24(36)22(34)25(37)30(21)45)40-31(17)43(32(46)18(29)12-38)28-15(4)7-8-39-26(28)14(2)3/h6-8,11,14,16,45H,1,9-10,13H2,2-5H3/t16-/m1/s1. The number of hydrogen-bond donors (Lipinski definition) is 1. The fraction of sp³-hybridized carbons (Fsp3) is 0.281. The van der Waals surface area contributed by atoms with Gasteiger partial charge in [0, 0.05) is 37.3 Å². The molecule has 4 heterocycles. The number of pyridine rings is 3. The minimum Gasteiger partial charge on any atom is -0.504 e. The fourth-order valence-corrected chi connectivity index (χ4v) is 6.22. The number of aryl methyl sites for hydroxylation is 1. The first-order valence-corrected chi connectivity index (χ1v) is 14.9. The molecule has 9 nitrogen and oxygen atoms in total. The molecular formula is C32H27Cl2F3N6O3. The van der Waals surface area contributed by atoms with E-state index >= 15 is 4.39 Å². The van der Waals surface area contributed by atoms with Gasteiger partial charge in [0.25, 0.3) is 5.56 Å². The molecule has 1 aliphatic rings. The van der Waals surface area contributed by atoms with E-state index in [1.54, 1.807) is 35.9 Å². The Morgan fingerprint density at radius 1 is 1.20 bits per heavy atom. The molecule has 238 valence electrons. The molecule has 0 bridgehead atoms. The van der Waals surface area contributed by atoms with E-state index in [0.29, 0.717) is 16.9 Å². The number of fused-ring (bicyclic) bond motifs is 1. The van der Waals surface area contributed by atoms with Crippen molar-refractivity contribution in [3.8, 4) is 28.8 Å². The van der Waals surface area contributed by atoms with Crippen molar-refractivity contribution in [1.82, 2.24) is 19.4 Å². The number of nitriles is 1. The number of amides is 1. The van der Waals surface area contributed by atoms with Crippen molar-refractivity contribution in [3.05, 3.63) is 85.7 Å². The molecule has 0 spiro atoms. The van der Waals surface area contributed by atoms with Crippen LogP contribution in [-0.2, 0) is 4.79 Å². The maximum absolute atomic E-state index is 15.3. The molecule has 1 aliphatic heterocycles. The number of benzene rings is 1. The first-order chi connectivity index (χ1) is 21.7. The number of nitrogens with zero attached hydrogens (tertiary/aromatic N) is 6. The van der Waals surface area contributed by atoms with Gasteiger partial charge in [-0.1, -0.05) is 43.6 Å². The topological polar surface area (TPSA) is 115 Å². The van der Waals surface area contributed by atoms with Crippen LogP contribution in [0.25, 0.3) is 28.0 Å². The largest absolute Gasteiger partial charge is 0.504 e. The van der Waals surface area contributed by atoms with Gasteiger partial charge < -0.3 is 14.9 Å². The van der Waals surface area contributed by atoms with Crippen LogP contribution in [0, 0.1) is 35.7 Å². The predicted molar refractivity (Wildman–Crippen MR) is 169 cm³/mol. The van der Waals surface area contributed by atoms with Crippen LogP contribution in [0.3, 0.4) is 0 Å². The summed E-state index contributed by atoms with van der Waals surface area (Å²) in [4.78, 5) is 39.1. The molecule has 1 fully saturated rings. The van der Waals surface area contributed by atoms with E-state index < -0.39 is 45.0 Å². The molecule has 1 saturated heterocycles. The van der Waals surface area contributed by atoms with Crippen LogP contribution in [0.5, 0.6) is 5.75 Å². The van der Waals surface area contributed by atoms with Gasteiger partial charge >= 0.3 is 0 Å². The van der Waals surface area contributed by atoms with Gasteiger partial charge in [0.1, 0.15) is 22.3 Å². The minimum atomic E-state index is -1.77. The molecule has 0 aliphatic carbocycles. The molecule has 0 radical (unpaired) electrons. The van der Waals surface area contributed by atoms with E-state index in [9.17, 15) is 28.7 Å². The van der Waals surface area contributed by atoms with Crippen LogP contribution in [0.15, 0.2) is 35.8 Å². The van der Waals surface area contributed by atoms with E-state index in [-0.39, 0.29) is 64.8 Å². The molecule has 1 atom stereocenters. The average molecular weight is 672 g/mol. The highest BCUT2D eigenvalue weighted by atomic mass is 35.5. The van der Waals surface area contributed by atoms with Crippen LogP contribution in [0.1, 0.15) is 43.5 Å². The summed E-state index contributed by atoms with van der Waals surface area (Å²) in [5, 5.41) is 19.5. The second-order valence-electron chi connectivity index (χ2n) is 11.2. The Morgan fingerprint density at radius 2 is 1.89 bits per heavy atom. The Balaban J connectivity index is 1.94. The van der Waals surface area contributed by atoms with Crippen LogP contribution in [-0.4, -0.2) is 56.1 Å². The van der Waals surface area contributed by atoms with Crippen molar-refractivity contribution in [2.75, 3.05) is 24.5 Å². The predicted octanol–water partition coefficient (Wildman–Crippen LogP) is 6.40. The van der Waals surface area contributed by atoms with Gasteiger partial charge in [-0.2, -0.15) is 5.26 Å². The second-order valence-corrected chi connectivity index (χ2v) is 12.0. The monoisotopic (exact) mass is 670 g/mol. The molecule has 0 unspecified atom stereocenters. The first-order valence-electron chi connectivity index (χ1n) is 14.1. The number of carbonyl (C=O) groups is 1. The number of phenolic OH excluding ortho intramolecular Hbond substituents is 1. The van der Waals surface area contributed by atoms with Crippen molar-refractivity contribution < 1.29 is 23.1 Å². The molecule has 1 aromatic carbocycles. The van der Waals surface area contributed by atoms with E-state index in [0.717, 1.165) is 4.57 Å². The van der Waals surface area contributed by atoms with E-state index in [2.05, 4.69) is 16.5 Å². The third-order valence-corrected chi connectivity index (χ3v) is 8.61. The number of halogens is 5. The van der Waals surface area contributed by atoms with Crippen LogP contribution in [0.4, 0.5) is 18.9 Å². The zero-order valence-corrected chi connectivity index (χ0v) is 26.6. The summed E-state index contributed by atoms with van der Waals surface area (Å²) in [6.07, 6.45) is 2.77. The lowest BCUT2D eigenvalue weighted by molar-refractivity contribution is -0.128. The van der Waals surface area contributed by atoms with Gasteiger partial charge in [0.05, 0.1) is 33.3 Å². The minimum absolute atomic E-state index is 0.150. The Morgan fingerprint density at radius 3 is 2.50 bits per heavy atom. The lowest BCUT2D eigenvalue weighted by atomic mass is 10.0. The summed E-state index contributed by atoms with van der Waals surface area (Å²) in [5.41, 5.74) is -1.28. The number of hydrogen-bond acceptors (Lipinski definition) is 7. The SMILES string of the molecule is C=CC(=O)N1CCN(c2c(C#N)c(=O)n(-c3c(C)ccnc3C(C)C)c3nc(-c4c(O)c(F)c(Cl)c(F)c4F)c(Cl)cc23)C[C@H]1C. The zero-order valence-electron chi connectivity index (χ0n) is 25.1. The molecule has 1 amide bonds.